The van der Waals surface area contributed by atoms with E-state index >= 15 is 0 Å². The van der Waals surface area contributed by atoms with Crippen LogP contribution in [0.25, 0.3) is 0 Å². The molecule has 3 rings (SSSR count). The summed E-state index contributed by atoms with van der Waals surface area (Å²) < 4.78 is 6.20. The van der Waals surface area contributed by atoms with Gasteiger partial charge in [0.25, 0.3) is 0 Å². The molecule has 1 fully saturated rings. The van der Waals surface area contributed by atoms with Gasteiger partial charge in [-0.15, -0.1) is 0 Å². The second-order valence-electron chi connectivity index (χ2n) is 6.67. The molecule has 0 aliphatic carbocycles. The zero-order valence-corrected chi connectivity index (χ0v) is 14.0. The van der Waals surface area contributed by atoms with Gasteiger partial charge in [0, 0.05) is 0 Å². The molecule has 1 saturated heterocycles. The van der Waals surface area contributed by atoms with Gasteiger partial charge in [0.05, 0.1) is 41.9 Å². The fourth-order valence-corrected chi connectivity index (χ4v) is 8.77. The van der Waals surface area contributed by atoms with Gasteiger partial charge >= 0.3 is 0 Å². The minimum absolute atomic E-state index is 0.0584. The maximum atomic E-state index is 6.20. The van der Waals surface area contributed by atoms with Crippen LogP contribution in [0.2, 0.25) is 0 Å². The molecule has 1 nitrogen and oxygen atoms in total. The molecule has 21 heavy (non-hydrogen) atoms. The first-order valence-corrected chi connectivity index (χ1v) is 9.84. The summed E-state index contributed by atoms with van der Waals surface area (Å²) in [5.41, 5.74) is -0.0584. The predicted molar refractivity (Wildman–Crippen MR) is 93.4 cm³/mol. The van der Waals surface area contributed by atoms with Crippen LogP contribution in [0.4, 0.5) is 0 Å². The molecule has 0 N–H and O–H groups in total. The Balaban J connectivity index is 2.16. The van der Waals surface area contributed by atoms with E-state index in [0.717, 1.165) is 12.3 Å². The Bertz CT molecular complexity index is 552. The summed E-state index contributed by atoms with van der Waals surface area (Å²) in [5, 5.41) is 3.03. The topological polar surface area (TPSA) is 9.23 Å². The molecule has 1 atom stereocenters. The van der Waals surface area contributed by atoms with Gasteiger partial charge in [-0.05, 0) is 45.0 Å². The summed E-state index contributed by atoms with van der Waals surface area (Å²) in [5.74, 6) is 0. The SMILES string of the molecule is C[C@H]1C[P+](c2ccccc2)(c2ccccc2)CC(C)(C)O1. The van der Waals surface area contributed by atoms with Crippen LogP contribution in [0.3, 0.4) is 0 Å². The van der Waals surface area contributed by atoms with Crippen molar-refractivity contribution in [2.75, 3.05) is 12.3 Å². The van der Waals surface area contributed by atoms with Crippen molar-refractivity contribution in [2.45, 2.75) is 32.5 Å². The molecule has 0 unspecified atom stereocenters. The average molecular weight is 299 g/mol. The Labute approximate surface area is 128 Å². The van der Waals surface area contributed by atoms with Crippen molar-refractivity contribution in [1.82, 2.24) is 0 Å². The van der Waals surface area contributed by atoms with Crippen LogP contribution in [-0.4, -0.2) is 24.0 Å². The summed E-state index contributed by atoms with van der Waals surface area (Å²) in [4.78, 5) is 0. The molecule has 2 heteroatoms. The van der Waals surface area contributed by atoms with Gasteiger partial charge in [0.2, 0.25) is 0 Å². The summed E-state index contributed by atoms with van der Waals surface area (Å²) >= 11 is 0. The second-order valence-corrected chi connectivity index (χ2v) is 10.3. The zero-order valence-electron chi connectivity index (χ0n) is 13.1. The molecule has 0 aromatic heterocycles. The third kappa shape index (κ3) is 2.91. The van der Waals surface area contributed by atoms with E-state index in [2.05, 4.69) is 81.4 Å². The minimum Gasteiger partial charge on any atom is -0.365 e. The fraction of sp³-hybridized carbons (Fsp3) is 0.368. The monoisotopic (exact) mass is 299 g/mol. The maximum Gasteiger partial charge on any atom is 0.0993 e. The predicted octanol–water partition coefficient (Wildman–Crippen LogP) is 3.85. The van der Waals surface area contributed by atoms with E-state index in [-0.39, 0.29) is 5.60 Å². The summed E-state index contributed by atoms with van der Waals surface area (Å²) in [6, 6.07) is 22.2. The highest BCUT2D eigenvalue weighted by atomic mass is 31.2. The molecule has 1 aliphatic rings. The van der Waals surface area contributed by atoms with Gasteiger partial charge in [-0.1, -0.05) is 36.4 Å². The van der Waals surface area contributed by atoms with E-state index in [1.165, 1.54) is 10.6 Å². The maximum absolute atomic E-state index is 6.20. The summed E-state index contributed by atoms with van der Waals surface area (Å²) in [6.45, 7) is 6.70. The van der Waals surface area contributed by atoms with E-state index in [1.54, 1.807) is 0 Å². The lowest BCUT2D eigenvalue weighted by Crippen LogP contribution is -2.47. The first-order valence-electron chi connectivity index (χ1n) is 7.68. The minimum atomic E-state index is -1.40. The quantitative estimate of drug-likeness (QED) is 0.765. The molecule has 1 aliphatic heterocycles. The van der Waals surface area contributed by atoms with Gasteiger partial charge in [-0.2, -0.15) is 0 Å². The van der Waals surface area contributed by atoms with Crippen molar-refractivity contribution in [3.05, 3.63) is 60.7 Å². The van der Waals surface area contributed by atoms with E-state index in [4.69, 9.17) is 4.74 Å². The Morgan fingerprint density at radius 2 is 1.38 bits per heavy atom. The van der Waals surface area contributed by atoms with Crippen LogP contribution in [0.1, 0.15) is 20.8 Å². The Hall–Kier alpha value is -1.17. The van der Waals surface area contributed by atoms with E-state index in [9.17, 15) is 0 Å². The molecule has 0 spiro atoms. The molecule has 0 saturated carbocycles. The normalized spacial score (nSPS) is 23.7. The Kier molecular flexibility index (Phi) is 3.90. The van der Waals surface area contributed by atoms with Crippen molar-refractivity contribution in [3.63, 3.8) is 0 Å². The van der Waals surface area contributed by atoms with E-state index < -0.39 is 7.26 Å². The highest BCUT2D eigenvalue weighted by Gasteiger charge is 2.52. The van der Waals surface area contributed by atoms with Crippen LogP contribution in [0.5, 0.6) is 0 Å². The van der Waals surface area contributed by atoms with Crippen LogP contribution >= 0.6 is 7.26 Å². The van der Waals surface area contributed by atoms with Crippen LogP contribution in [0.15, 0.2) is 60.7 Å². The summed E-state index contributed by atoms with van der Waals surface area (Å²) in [7, 11) is -1.40. The molecule has 2 aromatic rings. The standard InChI is InChI=1S/C19H24OP/c1-16-14-21(15-19(2,3)20-16,17-10-6-4-7-11-17)18-12-8-5-9-13-18/h4-13,16H,14-15H2,1-3H3/q+1/t16-/m0/s1. The van der Waals surface area contributed by atoms with Crippen LogP contribution in [0, 0.1) is 0 Å². The number of hydrogen-bond donors (Lipinski definition) is 0. The van der Waals surface area contributed by atoms with Crippen molar-refractivity contribution in [3.8, 4) is 0 Å². The molecule has 0 amide bonds. The van der Waals surface area contributed by atoms with Gasteiger partial charge in [0.15, 0.2) is 0 Å². The number of rotatable bonds is 2. The van der Waals surface area contributed by atoms with Gasteiger partial charge in [-0.25, -0.2) is 0 Å². The van der Waals surface area contributed by atoms with Crippen molar-refractivity contribution >= 4 is 17.9 Å². The molecule has 110 valence electrons. The third-order valence-corrected chi connectivity index (χ3v) is 9.25. The van der Waals surface area contributed by atoms with Gasteiger partial charge in [-0.3, -0.25) is 0 Å². The van der Waals surface area contributed by atoms with Gasteiger partial charge < -0.3 is 4.74 Å². The molecule has 2 aromatic carbocycles. The lowest BCUT2D eigenvalue weighted by molar-refractivity contribution is -0.0455. The Morgan fingerprint density at radius 3 is 1.81 bits per heavy atom. The zero-order chi connectivity index (χ0) is 14.9. The van der Waals surface area contributed by atoms with Crippen molar-refractivity contribution in [1.29, 1.82) is 0 Å². The molecular weight excluding hydrogens is 275 g/mol. The lowest BCUT2D eigenvalue weighted by Gasteiger charge is -2.42. The van der Waals surface area contributed by atoms with Gasteiger partial charge in [0.1, 0.15) is 0 Å². The largest absolute Gasteiger partial charge is 0.365 e. The van der Waals surface area contributed by atoms with E-state index in [0.29, 0.717) is 6.10 Å². The molecular formula is C19H24OP+. The first kappa shape index (κ1) is 14.8. The number of ether oxygens (including phenoxy) is 1. The molecule has 0 radical (unpaired) electrons. The first-order chi connectivity index (χ1) is 10.0. The van der Waals surface area contributed by atoms with Crippen LogP contribution in [-0.2, 0) is 4.74 Å². The Morgan fingerprint density at radius 1 is 0.905 bits per heavy atom. The van der Waals surface area contributed by atoms with Crippen LogP contribution < -0.4 is 10.6 Å². The highest BCUT2D eigenvalue weighted by molar-refractivity contribution is 7.89. The smallest absolute Gasteiger partial charge is 0.0993 e. The fourth-order valence-electron chi connectivity index (χ4n) is 3.74. The third-order valence-electron chi connectivity index (χ3n) is 4.24. The van der Waals surface area contributed by atoms with E-state index in [1.807, 2.05) is 0 Å². The molecule has 0 bridgehead atoms. The average Bonchev–Trinajstić information content (AvgIpc) is 2.47. The molecule has 1 heterocycles. The van der Waals surface area contributed by atoms with Crippen molar-refractivity contribution in [2.24, 2.45) is 0 Å². The summed E-state index contributed by atoms with van der Waals surface area (Å²) in [6.07, 6.45) is 2.57. The second kappa shape index (κ2) is 5.55. The highest BCUT2D eigenvalue weighted by Crippen LogP contribution is 2.61. The number of benzene rings is 2. The number of hydrogen-bond acceptors (Lipinski definition) is 1. The van der Waals surface area contributed by atoms with Crippen molar-refractivity contribution < 1.29 is 4.74 Å². The lowest BCUT2D eigenvalue weighted by atomic mass is 10.2.